The minimum Gasteiger partial charge on any atom is -0.234 e. The Bertz CT molecular complexity index is 1620. The molecular formula is C30H23N2+. The number of hydrogen-bond donors (Lipinski definition) is 0. The molecule has 0 saturated carbocycles. The molecule has 0 radical (unpaired) electrons. The van der Waals surface area contributed by atoms with Crippen LogP contribution in [0.3, 0.4) is 0 Å². The highest BCUT2D eigenvalue weighted by Crippen LogP contribution is 2.37. The van der Waals surface area contributed by atoms with Crippen molar-refractivity contribution < 1.29 is 4.57 Å². The first-order valence-corrected chi connectivity index (χ1v) is 11.0. The second-order valence-corrected chi connectivity index (χ2v) is 8.42. The molecule has 0 N–H and O–H groups in total. The Morgan fingerprint density at radius 1 is 0.625 bits per heavy atom. The Labute approximate surface area is 187 Å². The van der Waals surface area contributed by atoms with E-state index in [1.54, 1.807) is 0 Å². The summed E-state index contributed by atoms with van der Waals surface area (Å²) in [5.41, 5.74) is 8.06. The molecule has 2 nitrogen and oxygen atoms in total. The van der Waals surface area contributed by atoms with Gasteiger partial charge in [0, 0.05) is 10.9 Å². The topological polar surface area (TPSA) is 16.8 Å². The molecule has 1 heterocycles. The molecule has 0 spiro atoms. The summed E-state index contributed by atoms with van der Waals surface area (Å²) in [6.07, 6.45) is 2.15. The third kappa shape index (κ3) is 2.88. The summed E-state index contributed by atoms with van der Waals surface area (Å²) < 4.78 is 2.24. The second-order valence-electron chi connectivity index (χ2n) is 8.42. The van der Waals surface area contributed by atoms with Crippen LogP contribution in [0.25, 0.3) is 55.0 Å². The van der Waals surface area contributed by atoms with Gasteiger partial charge in [-0.2, -0.15) is 4.57 Å². The van der Waals surface area contributed by atoms with Gasteiger partial charge in [-0.1, -0.05) is 91.0 Å². The number of fused-ring (bicyclic) bond motifs is 6. The summed E-state index contributed by atoms with van der Waals surface area (Å²) in [5.74, 6) is 0. The van der Waals surface area contributed by atoms with Gasteiger partial charge in [-0.3, -0.25) is 0 Å². The fourth-order valence-corrected chi connectivity index (χ4v) is 4.84. The van der Waals surface area contributed by atoms with Gasteiger partial charge in [0.1, 0.15) is 18.3 Å². The molecule has 1 aromatic heterocycles. The predicted molar refractivity (Wildman–Crippen MR) is 134 cm³/mol. The SMILES string of the molecule is Cc1cccc2c3cc(-c4ccccc4)ccc3c3nc(-c4ccccc4)c[n+](C)c3c12. The molecule has 0 amide bonds. The lowest BCUT2D eigenvalue weighted by Gasteiger charge is -2.12. The van der Waals surface area contributed by atoms with Crippen LogP contribution in [0, 0.1) is 6.92 Å². The van der Waals surface area contributed by atoms with Crippen LogP contribution in [-0.4, -0.2) is 4.98 Å². The molecule has 0 bridgehead atoms. The molecule has 0 aliphatic carbocycles. The van der Waals surface area contributed by atoms with Crippen LogP contribution >= 0.6 is 0 Å². The van der Waals surface area contributed by atoms with Crippen molar-refractivity contribution in [3.63, 3.8) is 0 Å². The highest BCUT2D eigenvalue weighted by molar-refractivity contribution is 6.23. The first-order valence-electron chi connectivity index (χ1n) is 11.0. The maximum atomic E-state index is 5.21. The second kappa shape index (κ2) is 7.28. The molecule has 0 unspecified atom stereocenters. The van der Waals surface area contributed by atoms with Crippen molar-refractivity contribution in [2.75, 3.05) is 0 Å². The molecule has 0 saturated heterocycles. The monoisotopic (exact) mass is 411 g/mol. The Balaban J connectivity index is 1.77. The Morgan fingerprint density at radius 3 is 2.09 bits per heavy atom. The highest BCUT2D eigenvalue weighted by atomic mass is 15.0. The lowest BCUT2D eigenvalue weighted by Crippen LogP contribution is -2.30. The van der Waals surface area contributed by atoms with Gasteiger partial charge >= 0.3 is 0 Å². The fourth-order valence-electron chi connectivity index (χ4n) is 4.84. The van der Waals surface area contributed by atoms with Crippen molar-refractivity contribution >= 4 is 32.6 Å². The molecule has 0 fully saturated rings. The van der Waals surface area contributed by atoms with Gasteiger partial charge in [0.15, 0.2) is 6.20 Å². The van der Waals surface area contributed by atoms with E-state index in [-0.39, 0.29) is 0 Å². The predicted octanol–water partition coefficient (Wildman–Crippen LogP) is 7.01. The van der Waals surface area contributed by atoms with E-state index in [1.807, 2.05) is 6.07 Å². The Hall–Kier alpha value is -4.04. The molecule has 6 rings (SSSR count). The number of nitrogens with zero attached hydrogens (tertiary/aromatic N) is 2. The molecule has 152 valence electrons. The summed E-state index contributed by atoms with van der Waals surface area (Å²) >= 11 is 0. The van der Waals surface area contributed by atoms with Gasteiger partial charge in [0.05, 0.1) is 5.39 Å². The van der Waals surface area contributed by atoms with Crippen LogP contribution in [0.4, 0.5) is 0 Å². The van der Waals surface area contributed by atoms with Gasteiger partial charge in [-0.25, -0.2) is 4.98 Å². The summed E-state index contributed by atoms with van der Waals surface area (Å²) in [7, 11) is 2.13. The number of aryl methyl sites for hydroxylation is 2. The standard InChI is InChI=1S/C30H23N2/c1-20-10-9-15-24-26-18-23(21-11-5-3-6-12-21)16-17-25(26)29-30(28(20)24)32(2)19-27(31-29)22-13-7-4-8-14-22/h3-19H,1-2H3/q+1. The van der Waals surface area contributed by atoms with Crippen LogP contribution in [-0.2, 0) is 7.05 Å². The van der Waals surface area contributed by atoms with Gasteiger partial charge in [-0.15, -0.1) is 0 Å². The van der Waals surface area contributed by atoms with Gasteiger partial charge in [0.25, 0.3) is 0 Å². The molecule has 5 aromatic carbocycles. The molecule has 6 aromatic rings. The first kappa shape index (κ1) is 18.7. The third-order valence-corrected chi connectivity index (χ3v) is 6.38. The van der Waals surface area contributed by atoms with E-state index < -0.39 is 0 Å². The Morgan fingerprint density at radius 2 is 1.34 bits per heavy atom. The van der Waals surface area contributed by atoms with Crippen molar-refractivity contribution in [1.82, 2.24) is 4.98 Å². The molecule has 0 atom stereocenters. The van der Waals surface area contributed by atoms with Crippen LogP contribution in [0.15, 0.2) is 103 Å². The molecule has 2 heteroatoms. The summed E-state index contributed by atoms with van der Waals surface area (Å²) in [6, 6.07) is 34.4. The quantitative estimate of drug-likeness (QED) is 0.221. The van der Waals surface area contributed by atoms with E-state index in [0.29, 0.717) is 0 Å². The van der Waals surface area contributed by atoms with E-state index in [4.69, 9.17) is 4.98 Å². The zero-order valence-corrected chi connectivity index (χ0v) is 18.2. The van der Waals surface area contributed by atoms with E-state index in [1.165, 1.54) is 43.8 Å². The highest BCUT2D eigenvalue weighted by Gasteiger charge is 2.20. The van der Waals surface area contributed by atoms with Crippen LogP contribution < -0.4 is 4.57 Å². The average molecular weight is 412 g/mol. The van der Waals surface area contributed by atoms with E-state index in [0.717, 1.165) is 16.8 Å². The lowest BCUT2D eigenvalue weighted by molar-refractivity contribution is -0.643. The minimum absolute atomic E-state index is 0.988. The Kier molecular flexibility index (Phi) is 4.26. The van der Waals surface area contributed by atoms with Gasteiger partial charge in [0.2, 0.25) is 5.52 Å². The smallest absolute Gasteiger partial charge is 0.234 e. The van der Waals surface area contributed by atoms with E-state index in [2.05, 4.69) is 116 Å². The van der Waals surface area contributed by atoms with Crippen LogP contribution in [0.2, 0.25) is 0 Å². The maximum absolute atomic E-state index is 5.21. The summed E-state index contributed by atoms with van der Waals surface area (Å²) in [6.45, 7) is 2.19. The van der Waals surface area contributed by atoms with Crippen molar-refractivity contribution in [2.45, 2.75) is 6.92 Å². The molecule has 32 heavy (non-hydrogen) atoms. The number of aromatic nitrogens is 2. The van der Waals surface area contributed by atoms with Crippen molar-refractivity contribution in [1.29, 1.82) is 0 Å². The van der Waals surface area contributed by atoms with E-state index in [9.17, 15) is 0 Å². The average Bonchev–Trinajstić information content (AvgIpc) is 2.85. The minimum atomic E-state index is 0.988. The van der Waals surface area contributed by atoms with Gasteiger partial charge < -0.3 is 0 Å². The maximum Gasteiger partial charge on any atom is 0.239 e. The molecule has 0 aliphatic rings. The first-order chi connectivity index (χ1) is 15.7. The normalized spacial score (nSPS) is 11.4. The number of hydrogen-bond acceptors (Lipinski definition) is 1. The third-order valence-electron chi connectivity index (χ3n) is 6.38. The zero-order chi connectivity index (χ0) is 21.7. The lowest BCUT2D eigenvalue weighted by atomic mass is 9.93. The number of rotatable bonds is 2. The van der Waals surface area contributed by atoms with E-state index >= 15 is 0 Å². The fraction of sp³-hybridized carbons (Fsp3) is 0.0667. The van der Waals surface area contributed by atoms with Crippen molar-refractivity contribution in [3.05, 3.63) is 109 Å². The molecule has 0 aliphatic heterocycles. The van der Waals surface area contributed by atoms with Crippen LogP contribution in [0.1, 0.15) is 5.56 Å². The largest absolute Gasteiger partial charge is 0.239 e. The zero-order valence-electron chi connectivity index (χ0n) is 18.2. The molecular weight excluding hydrogens is 388 g/mol. The van der Waals surface area contributed by atoms with Crippen LogP contribution in [0.5, 0.6) is 0 Å². The van der Waals surface area contributed by atoms with Gasteiger partial charge in [-0.05, 0) is 40.5 Å². The van der Waals surface area contributed by atoms with Crippen molar-refractivity contribution in [3.8, 4) is 22.4 Å². The number of benzene rings is 5. The summed E-state index contributed by atoms with van der Waals surface area (Å²) in [4.78, 5) is 5.21. The summed E-state index contributed by atoms with van der Waals surface area (Å²) in [5, 5.41) is 4.98. The van der Waals surface area contributed by atoms with Crippen molar-refractivity contribution in [2.24, 2.45) is 7.05 Å².